The Balaban J connectivity index is 1.78. The number of hydrogen-bond donors (Lipinski definition) is 2. The van der Waals surface area contributed by atoms with Gasteiger partial charge in [0.25, 0.3) is 0 Å². The standard InChI is InChI=1S/C13H21N3O4/c1-9-7-16(8-10(9)12(18)19)13(20)14-6-11(17)15-4-2-3-5-15/h9-10H,2-8H2,1H3,(H,14,20)(H,18,19). The van der Waals surface area contributed by atoms with Crippen LogP contribution in [0.15, 0.2) is 0 Å². The molecule has 2 rings (SSSR count). The van der Waals surface area contributed by atoms with Crippen molar-refractivity contribution in [2.24, 2.45) is 11.8 Å². The normalized spacial score (nSPS) is 25.9. The molecule has 2 aliphatic heterocycles. The maximum absolute atomic E-state index is 11.9. The van der Waals surface area contributed by atoms with Gasteiger partial charge in [0.05, 0.1) is 12.5 Å². The number of carbonyl (C=O) groups is 3. The molecule has 0 aromatic rings. The van der Waals surface area contributed by atoms with Gasteiger partial charge >= 0.3 is 12.0 Å². The third-order valence-electron chi connectivity index (χ3n) is 4.07. The van der Waals surface area contributed by atoms with Crippen LogP contribution in [0.5, 0.6) is 0 Å². The van der Waals surface area contributed by atoms with Crippen LogP contribution in [0.4, 0.5) is 4.79 Å². The van der Waals surface area contributed by atoms with Gasteiger partial charge in [-0.15, -0.1) is 0 Å². The Hall–Kier alpha value is -1.79. The van der Waals surface area contributed by atoms with E-state index in [0.29, 0.717) is 6.54 Å². The van der Waals surface area contributed by atoms with E-state index < -0.39 is 11.9 Å². The van der Waals surface area contributed by atoms with Gasteiger partial charge in [0.1, 0.15) is 0 Å². The van der Waals surface area contributed by atoms with Gasteiger partial charge in [-0.2, -0.15) is 0 Å². The summed E-state index contributed by atoms with van der Waals surface area (Å²) < 4.78 is 0. The SMILES string of the molecule is CC1CN(C(=O)NCC(=O)N2CCCC2)CC1C(=O)O. The van der Waals surface area contributed by atoms with E-state index in [1.54, 1.807) is 4.90 Å². The zero-order valence-corrected chi connectivity index (χ0v) is 11.7. The first-order valence-electron chi connectivity index (χ1n) is 7.02. The summed E-state index contributed by atoms with van der Waals surface area (Å²) in [5, 5.41) is 11.6. The summed E-state index contributed by atoms with van der Waals surface area (Å²) >= 11 is 0. The molecule has 2 heterocycles. The van der Waals surface area contributed by atoms with Gasteiger partial charge in [-0.25, -0.2) is 4.79 Å². The Kier molecular flexibility index (Phi) is 4.46. The molecule has 7 heteroatoms. The van der Waals surface area contributed by atoms with Crippen LogP contribution in [0.3, 0.4) is 0 Å². The van der Waals surface area contributed by atoms with E-state index in [1.807, 2.05) is 6.92 Å². The summed E-state index contributed by atoms with van der Waals surface area (Å²) in [5.74, 6) is -1.53. The van der Waals surface area contributed by atoms with Crippen LogP contribution in [-0.4, -0.2) is 65.5 Å². The van der Waals surface area contributed by atoms with E-state index in [2.05, 4.69) is 5.32 Å². The van der Waals surface area contributed by atoms with Gasteiger partial charge in [-0.1, -0.05) is 6.92 Å². The van der Waals surface area contributed by atoms with Gasteiger partial charge < -0.3 is 20.2 Å². The van der Waals surface area contributed by atoms with Crippen molar-refractivity contribution in [2.75, 3.05) is 32.7 Å². The number of nitrogens with one attached hydrogen (secondary N) is 1. The minimum Gasteiger partial charge on any atom is -0.481 e. The van der Waals surface area contributed by atoms with Crippen molar-refractivity contribution in [3.8, 4) is 0 Å². The lowest BCUT2D eigenvalue weighted by Crippen LogP contribution is -2.44. The lowest BCUT2D eigenvalue weighted by Gasteiger charge is -2.19. The molecule has 20 heavy (non-hydrogen) atoms. The molecule has 0 spiro atoms. The third kappa shape index (κ3) is 3.20. The van der Waals surface area contributed by atoms with Gasteiger partial charge in [0, 0.05) is 26.2 Å². The van der Waals surface area contributed by atoms with Crippen LogP contribution in [0.25, 0.3) is 0 Å². The monoisotopic (exact) mass is 283 g/mol. The Labute approximate surface area is 117 Å². The quantitative estimate of drug-likeness (QED) is 0.761. The minimum atomic E-state index is -0.874. The molecule has 0 saturated carbocycles. The molecule has 0 aliphatic carbocycles. The fourth-order valence-corrected chi connectivity index (χ4v) is 2.80. The highest BCUT2D eigenvalue weighted by Gasteiger charge is 2.37. The first-order chi connectivity index (χ1) is 9.49. The van der Waals surface area contributed by atoms with Crippen molar-refractivity contribution >= 4 is 17.9 Å². The summed E-state index contributed by atoms with van der Waals surface area (Å²) in [5.41, 5.74) is 0. The molecule has 2 N–H and O–H groups in total. The predicted molar refractivity (Wildman–Crippen MR) is 71.1 cm³/mol. The van der Waals surface area contributed by atoms with Crippen molar-refractivity contribution in [3.63, 3.8) is 0 Å². The smallest absolute Gasteiger partial charge is 0.317 e. The Morgan fingerprint density at radius 1 is 1.15 bits per heavy atom. The van der Waals surface area contributed by atoms with Crippen LogP contribution >= 0.6 is 0 Å². The molecule has 0 bridgehead atoms. The summed E-state index contributed by atoms with van der Waals surface area (Å²) in [6, 6.07) is -0.354. The number of carboxylic acid groups (broad SMARTS) is 1. The Morgan fingerprint density at radius 2 is 1.80 bits per heavy atom. The van der Waals surface area contributed by atoms with Gasteiger partial charge in [-0.3, -0.25) is 9.59 Å². The predicted octanol–water partition coefficient (Wildman–Crippen LogP) is -0.0291. The average molecular weight is 283 g/mol. The van der Waals surface area contributed by atoms with E-state index in [4.69, 9.17) is 5.11 Å². The zero-order chi connectivity index (χ0) is 14.7. The third-order valence-corrected chi connectivity index (χ3v) is 4.07. The van der Waals surface area contributed by atoms with Crippen molar-refractivity contribution in [3.05, 3.63) is 0 Å². The van der Waals surface area contributed by atoms with Crippen molar-refractivity contribution in [1.29, 1.82) is 0 Å². The average Bonchev–Trinajstić information content (AvgIpc) is 3.04. The topological polar surface area (TPSA) is 90.0 Å². The molecular formula is C13H21N3O4. The summed E-state index contributed by atoms with van der Waals surface area (Å²) in [6.45, 7) is 3.96. The largest absolute Gasteiger partial charge is 0.481 e. The molecule has 0 radical (unpaired) electrons. The lowest BCUT2D eigenvalue weighted by molar-refractivity contribution is -0.142. The van der Waals surface area contributed by atoms with E-state index in [9.17, 15) is 14.4 Å². The van der Waals surface area contributed by atoms with Crippen LogP contribution in [0.1, 0.15) is 19.8 Å². The van der Waals surface area contributed by atoms with Gasteiger partial charge in [-0.05, 0) is 18.8 Å². The number of nitrogens with zero attached hydrogens (tertiary/aromatic N) is 2. The number of likely N-dealkylation sites (tertiary alicyclic amines) is 2. The molecule has 2 saturated heterocycles. The molecule has 3 amide bonds. The van der Waals surface area contributed by atoms with Crippen LogP contribution in [0.2, 0.25) is 0 Å². The number of urea groups is 1. The number of amides is 3. The summed E-state index contributed by atoms with van der Waals surface area (Å²) in [4.78, 5) is 37.9. The van der Waals surface area contributed by atoms with E-state index in [0.717, 1.165) is 25.9 Å². The second kappa shape index (κ2) is 6.11. The maximum Gasteiger partial charge on any atom is 0.317 e. The van der Waals surface area contributed by atoms with Crippen molar-refractivity contribution < 1.29 is 19.5 Å². The van der Waals surface area contributed by atoms with Crippen LogP contribution in [0, 0.1) is 11.8 Å². The van der Waals surface area contributed by atoms with Crippen molar-refractivity contribution in [1.82, 2.24) is 15.1 Å². The van der Waals surface area contributed by atoms with E-state index in [-0.39, 0.29) is 30.9 Å². The number of rotatable bonds is 3. The highest BCUT2D eigenvalue weighted by atomic mass is 16.4. The van der Waals surface area contributed by atoms with E-state index in [1.165, 1.54) is 4.90 Å². The molecule has 0 aromatic heterocycles. The van der Waals surface area contributed by atoms with Crippen LogP contribution < -0.4 is 5.32 Å². The molecule has 2 atom stereocenters. The highest BCUT2D eigenvalue weighted by Crippen LogP contribution is 2.22. The molecule has 2 fully saturated rings. The zero-order valence-electron chi connectivity index (χ0n) is 11.7. The number of carboxylic acids is 1. The second-order valence-electron chi connectivity index (χ2n) is 5.57. The molecule has 2 aliphatic rings. The van der Waals surface area contributed by atoms with Gasteiger partial charge in [0.2, 0.25) is 5.91 Å². The first kappa shape index (κ1) is 14.6. The molecule has 112 valence electrons. The molecule has 2 unspecified atom stereocenters. The Bertz CT molecular complexity index is 406. The fraction of sp³-hybridized carbons (Fsp3) is 0.769. The van der Waals surface area contributed by atoms with Gasteiger partial charge in [0.15, 0.2) is 0 Å². The lowest BCUT2D eigenvalue weighted by atomic mass is 9.99. The number of hydrogen-bond acceptors (Lipinski definition) is 3. The second-order valence-corrected chi connectivity index (χ2v) is 5.57. The van der Waals surface area contributed by atoms with E-state index >= 15 is 0 Å². The molecular weight excluding hydrogens is 262 g/mol. The Morgan fingerprint density at radius 3 is 2.35 bits per heavy atom. The maximum atomic E-state index is 11.9. The van der Waals surface area contributed by atoms with Crippen molar-refractivity contribution in [2.45, 2.75) is 19.8 Å². The summed E-state index contributed by atoms with van der Waals surface area (Å²) in [6.07, 6.45) is 2.03. The first-order valence-corrected chi connectivity index (χ1v) is 7.02. The molecule has 7 nitrogen and oxygen atoms in total. The molecule has 0 aromatic carbocycles. The summed E-state index contributed by atoms with van der Waals surface area (Å²) in [7, 11) is 0. The van der Waals surface area contributed by atoms with Crippen LogP contribution in [-0.2, 0) is 9.59 Å². The minimum absolute atomic E-state index is 0.0124. The number of aliphatic carboxylic acids is 1. The number of carbonyl (C=O) groups excluding carboxylic acids is 2. The highest BCUT2D eigenvalue weighted by molar-refractivity contribution is 5.84. The fourth-order valence-electron chi connectivity index (χ4n) is 2.80.